The Bertz CT molecular complexity index is 326. The molecule has 2 N–H and O–H groups in total. The normalized spacial score (nSPS) is 10.2. The first-order chi connectivity index (χ1) is 6.11. The van der Waals surface area contributed by atoms with Crippen molar-refractivity contribution < 1.29 is 14.9 Å². The molecule has 0 atom stereocenters. The van der Waals surface area contributed by atoms with E-state index in [1.165, 1.54) is 13.2 Å². The van der Waals surface area contributed by atoms with Gasteiger partial charge in [0.15, 0.2) is 0 Å². The molecule has 0 radical (unpaired) electrons. The molecular weight excluding hydrogens is 215 g/mol. The minimum absolute atomic E-state index is 0.102. The third-order valence-corrected chi connectivity index (χ3v) is 2.33. The number of benzene rings is 1. The van der Waals surface area contributed by atoms with Crippen LogP contribution < -0.4 is 4.74 Å². The van der Waals surface area contributed by atoms with Gasteiger partial charge in [-0.05, 0) is 0 Å². The molecule has 0 aromatic heterocycles. The Hall–Kier alpha value is -0.640. The van der Waals surface area contributed by atoms with Crippen LogP contribution in [-0.4, -0.2) is 17.3 Å². The van der Waals surface area contributed by atoms with Gasteiger partial charge in [-0.1, -0.05) is 23.2 Å². The lowest BCUT2D eigenvalue weighted by molar-refractivity contribution is 0.274. The largest absolute Gasteiger partial charge is 0.506 e. The summed E-state index contributed by atoms with van der Waals surface area (Å²) in [5, 5.41) is 18.5. The average Bonchev–Trinajstić information content (AvgIpc) is 2.12. The highest BCUT2D eigenvalue weighted by atomic mass is 35.5. The van der Waals surface area contributed by atoms with Crippen molar-refractivity contribution in [1.82, 2.24) is 0 Å². The van der Waals surface area contributed by atoms with Crippen LogP contribution in [0, 0.1) is 0 Å². The molecule has 0 fully saturated rings. The first kappa shape index (κ1) is 10.4. The van der Waals surface area contributed by atoms with Gasteiger partial charge in [0.1, 0.15) is 11.5 Å². The SMILES string of the molecule is COc1cc(Cl)c(O)c(CO)c1Cl. The molecule has 5 heteroatoms. The molecular formula is C8H8Cl2O3. The Morgan fingerprint density at radius 2 is 2.08 bits per heavy atom. The molecule has 0 spiro atoms. The first-order valence-corrected chi connectivity index (χ1v) is 4.22. The summed E-state index contributed by atoms with van der Waals surface area (Å²) < 4.78 is 4.88. The smallest absolute Gasteiger partial charge is 0.141 e. The van der Waals surface area contributed by atoms with Crippen molar-refractivity contribution in [3.63, 3.8) is 0 Å². The van der Waals surface area contributed by atoms with Crippen molar-refractivity contribution in [1.29, 1.82) is 0 Å². The minimum atomic E-state index is -0.387. The van der Waals surface area contributed by atoms with E-state index in [0.717, 1.165) is 0 Å². The van der Waals surface area contributed by atoms with Crippen LogP contribution in [0.25, 0.3) is 0 Å². The van der Waals surface area contributed by atoms with Gasteiger partial charge in [0, 0.05) is 11.6 Å². The molecule has 0 heterocycles. The van der Waals surface area contributed by atoms with E-state index in [0.29, 0.717) is 5.75 Å². The predicted octanol–water partition coefficient (Wildman–Crippen LogP) is 2.20. The third kappa shape index (κ3) is 1.82. The fourth-order valence-corrected chi connectivity index (χ4v) is 1.43. The number of ether oxygens (including phenoxy) is 1. The molecule has 13 heavy (non-hydrogen) atoms. The van der Waals surface area contributed by atoms with Gasteiger partial charge in [-0.2, -0.15) is 0 Å². The summed E-state index contributed by atoms with van der Waals surface area (Å²) in [4.78, 5) is 0. The van der Waals surface area contributed by atoms with Crippen LogP contribution >= 0.6 is 23.2 Å². The number of methoxy groups -OCH3 is 1. The fraction of sp³-hybridized carbons (Fsp3) is 0.250. The number of phenols is 1. The molecule has 0 bridgehead atoms. The van der Waals surface area contributed by atoms with Gasteiger partial charge >= 0.3 is 0 Å². The summed E-state index contributed by atoms with van der Waals surface area (Å²) in [6.45, 7) is -0.387. The minimum Gasteiger partial charge on any atom is -0.506 e. The zero-order chi connectivity index (χ0) is 10.0. The topological polar surface area (TPSA) is 49.7 Å². The van der Waals surface area contributed by atoms with E-state index in [9.17, 15) is 5.11 Å². The van der Waals surface area contributed by atoms with Crippen LogP contribution in [0.3, 0.4) is 0 Å². The maximum Gasteiger partial charge on any atom is 0.141 e. The molecule has 0 aliphatic heterocycles. The van der Waals surface area contributed by atoms with E-state index in [-0.39, 0.29) is 28.0 Å². The van der Waals surface area contributed by atoms with E-state index >= 15 is 0 Å². The van der Waals surface area contributed by atoms with Crippen molar-refractivity contribution in [3.8, 4) is 11.5 Å². The van der Waals surface area contributed by atoms with Crippen molar-refractivity contribution >= 4 is 23.2 Å². The van der Waals surface area contributed by atoms with Crippen molar-refractivity contribution in [2.45, 2.75) is 6.61 Å². The summed E-state index contributed by atoms with van der Waals surface area (Å²) >= 11 is 11.4. The Kier molecular flexibility index (Phi) is 3.25. The molecule has 1 aromatic rings. The number of halogens is 2. The molecule has 0 saturated heterocycles. The second-order valence-electron chi connectivity index (χ2n) is 2.36. The number of hydrogen-bond donors (Lipinski definition) is 2. The lowest BCUT2D eigenvalue weighted by atomic mass is 10.2. The standard InChI is InChI=1S/C8H8Cl2O3/c1-13-6-2-5(9)8(12)4(3-11)7(6)10/h2,11-12H,3H2,1H3. The van der Waals surface area contributed by atoms with E-state index in [1.807, 2.05) is 0 Å². The molecule has 0 unspecified atom stereocenters. The van der Waals surface area contributed by atoms with Crippen molar-refractivity contribution in [2.24, 2.45) is 0 Å². The second-order valence-corrected chi connectivity index (χ2v) is 3.15. The molecule has 1 rings (SSSR count). The van der Waals surface area contributed by atoms with Gasteiger partial charge in [-0.25, -0.2) is 0 Å². The Labute approximate surface area is 85.5 Å². The maximum atomic E-state index is 9.37. The summed E-state index contributed by atoms with van der Waals surface area (Å²) in [5.74, 6) is 0.114. The van der Waals surface area contributed by atoms with Crippen LogP contribution in [0.2, 0.25) is 10.0 Å². The lowest BCUT2D eigenvalue weighted by Gasteiger charge is -2.10. The van der Waals surface area contributed by atoms with E-state index < -0.39 is 0 Å². The number of hydrogen-bond acceptors (Lipinski definition) is 3. The molecule has 0 amide bonds. The van der Waals surface area contributed by atoms with E-state index in [4.69, 9.17) is 33.0 Å². The summed E-state index contributed by atoms with van der Waals surface area (Å²) in [6.07, 6.45) is 0. The quantitative estimate of drug-likeness (QED) is 0.807. The molecule has 1 aromatic carbocycles. The van der Waals surface area contributed by atoms with Gasteiger partial charge in [0.05, 0.1) is 23.8 Å². The molecule has 0 saturated carbocycles. The zero-order valence-corrected chi connectivity index (χ0v) is 8.35. The van der Waals surface area contributed by atoms with Gasteiger partial charge in [-0.15, -0.1) is 0 Å². The number of rotatable bonds is 2. The Morgan fingerprint density at radius 1 is 1.46 bits per heavy atom. The average molecular weight is 223 g/mol. The highest BCUT2D eigenvalue weighted by Crippen LogP contribution is 2.39. The molecule has 72 valence electrons. The summed E-state index contributed by atoms with van der Waals surface area (Å²) in [5.41, 5.74) is 0.172. The monoisotopic (exact) mass is 222 g/mol. The third-order valence-electron chi connectivity index (χ3n) is 1.63. The second kappa shape index (κ2) is 4.05. The molecule has 3 nitrogen and oxygen atoms in total. The van der Waals surface area contributed by atoms with Crippen molar-refractivity contribution in [2.75, 3.05) is 7.11 Å². The highest BCUT2D eigenvalue weighted by molar-refractivity contribution is 6.36. The summed E-state index contributed by atoms with van der Waals surface area (Å²) in [7, 11) is 1.43. The number of aliphatic hydroxyl groups is 1. The number of aromatic hydroxyl groups is 1. The predicted molar refractivity (Wildman–Crippen MR) is 50.6 cm³/mol. The Balaban J connectivity index is 3.39. The first-order valence-electron chi connectivity index (χ1n) is 3.46. The van der Waals surface area contributed by atoms with Crippen LogP contribution in [0.5, 0.6) is 11.5 Å². The highest BCUT2D eigenvalue weighted by Gasteiger charge is 2.14. The van der Waals surface area contributed by atoms with E-state index in [2.05, 4.69) is 0 Å². The zero-order valence-electron chi connectivity index (χ0n) is 6.84. The Morgan fingerprint density at radius 3 is 2.54 bits per heavy atom. The lowest BCUT2D eigenvalue weighted by Crippen LogP contribution is -1.92. The van der Waals surface area contributed by atoms with Gasteiger partial charge in [0.2, 0.25) is 0 Å². The van der Waals surface area contributed by atoms with Crippen molar-refractivity contribution in [3.05, 3.63) is 21.7 Å². The van der Waals surface area contributed by atoms with Crippen LogP contribution in [0.15, 0.2) is 6.07 Å². The van der Waals surface area contributed by atoms with Crippen LogP contribution in [-0.2, 0) is 6.61 Å². The van der Waals surface area contributed by atoms with Gasteiger partial charge in [0.25, 0.3) is 0 Å². The van der Waals surface area contributed by atoms with Crippen LogP contribution in [0.1, 0.15) is 5.56 Å². The number of aliphatic hydroxyl groups excluding tert-OH is 1. The fourth-order valence-electron chi connectivity index (χ4n) is 0.936. The van der Waals surface area contributed by atoms with Gasteiger partial charge in [-0.3, -0.25) is 0 Å². The van der Waals surface area contributed by atoms with Gasteiger partial charge < -0.3 is 14.9 Å². The van der Waals surface area contributed by atoms with Crippen LogP contribution in [0.4, 0.5) is 0 Å². The maximum absolute atomic E-state index is 9.37. The van der Waals surface area contributed by atoms with E-state index in [1.54, 1.807) is 0 Å². The summed E-state index contributed by atoms with van der Waals surface area (Å²) in [6, 6.07) is 1.39. The molecule has 0 aliphatic rings. The molecule has 0 aliphatic carbocycles.